The topological polar surface area (TPSA) is 80.9 Å². The molecular weight excluding hydrogens is 352 g/mol. The van der Waals surface area contributed by atoms with E-state index in [2.05, 4.69) is 20.4 Å². The van der Waals surface area contributed by atoms with Gasteiger partial charge in [0.05, 0.1) is 6.04 Å². The molecule has 0 aliphatic rings. The normalized spacial score (nSPS) is 11.8. The van der Waals surface area contributed by atoms with Crippen LogP contribution >= 0.6 is 0 Å². The summed E-state index contributed by atoms with van der Waals surface area (Å²) in [6.07, 6.45) is 3.44. The Morgan fingerprint density at radius 1 is 0.929 bits per heavy atom. The van der Waals surface area contributed by atoms with Crippen molar-refractivity contribution in [3.05, 3.63) is 102 Å². The molecule has 138 valence electrons. The molecule has 28 heavy (non-hydrogen) atoms. The summed E-state index contributed by atoms with van der Waals surface area (Å²) in [6.45, 7) is 1.76. The Morgan fingerprint density at radius 3 is 2.25 bits per heavy atom. The maximum atomic E-state index is 12.9. The van der Waals surface area contributed by atoms with E-state index in [0.717, 1.165) is 16.7 Å². The monoisotopic (exact) mass is 370 g/mol. The van der Waals surface area contributed by atoms with E-state index in [1.807, 2.05) is 42.5 Å². The van der Waals surface area contributed by atoms with Crippen molar-refractivity contribution in [3.8, 4) is 11.5 Å². The number of aryl methyl sites for hydroxylation is 1. The standard InChI is InChI=1S/C22H18N4O2/c1-15-24-22(28-26-15)19-9-7-18(8-10-19)21(27)25-20(16-5-3-2-4-6-16)17-11-13-23-14-12-17/h2-14,20H,1H3,(H,25,27). The van der Waals surface area contributed by atoms with Crippen LogP contribution in [0.3, 0.4) is 0 Å². The van der Waals surface area contributed by atoms with Crippen LogP contribution in [0.25, 0.3) is 11.5 Å². The average Bonchev–Trinajstić information content (AvgIpc) is 3.19. The van der Waals surface area contributed by atoms with E-state index < -0.39 is 0 Å². The lowest BCUT2D eigenvalue weighted by molar-refractivity contribution is 0.0943. The first-order chi connectivity index (χ1) is 13.7. The van der Waals surface area contributed by atoms with Gasteiger partial charge in [0.15, 0.2) is 5.82 Å². The first kappa shape index (κ1) is 17.6. The Balaban J connectivity index is 1.58. The predicted molar refractivity (Wildman–Crippen MR) is 104 cm³/mol. The first-order valence-corrected chi connectivity index (χ1v) is 8.87. The van der Waals surface area contributed by atoms with Gasteiger partial charge in [0, 0.05) is 23.5 Å². The van der Waals surface area contributed by atoms with E-state index in [4.69, 9.17) is 4.52 Å². The van der Waals surface area contributed by atoms with E-state index in [1.54, 1.807) is 43.6 Å². The van der Waals surface area contributed by atoms with Gasteiger partial charge in [-0.05, 0) is 54.4 Å². The van der Waals surface area contributed by atoms with Gasteiger partial charge in [0.1, 0.15) is 0 Å². The predicted octanol–water partition coefficient (Wildman–Crippen LogP) is 3.96. The highest BCUT2D eigenvalue weighted by Crippen LogP contribution is 2.23. The second kappa shape index (κ2) is 7.84. The van der Waals surface area contributed by atoms with Crippen molar-refractivity contribution < 1.29 is 9.32 Å². The highest BCUT2D eigenvalue weighted by atomic mass is 16.5. The van der Waals surface area contributed by atoms with Gasteiger partial charge in [-0.3, -0.25) is 9.78 Å². The third kappa shape index (κ3) is 3.81. The van der Waals surface area contributed by atoms with Crippen LogP contribution in [-0.4, -0.2) is 21.0 Å². The summed E-state index contributed by atoms with van der Waals surface area (Å²) >= 11 is 0. The minimum atomic E-state index is -0.269. The zero-order chi connectivity index (χ0) is 19.3. The smallest absolute Gasteiger partial charge is 0.257 e. The Kier molecular flexibility index (Phi) is 4.93. The number of carbonyl (C=O) groups is 1. The van der Waals surface area contributed by atoms with Gasteiger partial charge in [-0.1, -0.05) is 35.5 Å². The van der Waals surface area contributed by atoms with Crippen molar-refractivity contribution in [1.82, 2.24) is 20.4 Å². The Labute approximate surface area is 162 Å². The van der Waals surface area contributed by atoms with Gasteiger partial charge in [-0.15, -0.1) is 0 Å². The third-order valence-electron chi connectivity index (χ3n) is 4.37. The fraction of sp³-hybridized carbons (Fsp3) is 0.0909. The number of hydrogen-bond acceptors (Lipinski definition) is 5. The van der Waals surface area contributed by atoms with Crippen LogP contribution in [0, 0.1) is 6.92 Å². The van der Waals surface area contributed by atoms with Crippen molar-refractivity contribution >= 4 is 5.91 Å². The largest absolute Gasteiger partial charge is 0.341 e. The molecule has 1 atom stereocenters. The molecule has 1 amide bonds. The second-order valence-electron chi connectivity index (χ2n) is 6.32. The maximum Gasteiger partial charge on any atom is 0.257 e. The molecule has 2 heterocycles. The lowest BCUT2D eigenvalue weighted by Gasteiger charge is -2.20. The average molecular weight is 370 g/mol. The summed E-state index contributed by atoms with van der Waals surface area (Å²) in [4.78, 5) is 21.1. The number of rotatable bonds is 5. The molecule has 0 saturated heterocycles. The number of hydrogen-bond donors (Lipinski definition) is 1. The minimum absolute atomic E-state index is 0.168. The fourth-order valence-electron chi connectivity index (χ4n) is 2.95. The molecule has 4 aromatic rings. The maximum absolute atomic E-state index is 12.9. The molecule has 6 heteroatoms. The summed E-state index contributed by atoms with van der Waals surface area (Å²) in [6, 6.07) is 20.5. The first-order valence-electron chi connectivity index (χ1n) is 8.87. The number of carbonyl (C=O) groups excluding carboxylic acids is 1. The van der Waals surface area contributed by atoms with Gasteiger partial charge in [0.25, 0.3) is 11.8 Å². The summed E-state index contributed by atoms with van der Waals surface area (Å²) in [5.74, 6) is 0.835. The van der Waals surface area contributed by atoms with Gasteiger partial charge < -0.3 is 9.84 Å². The summed E-state index contributed by atoms with van der Waals surface area (Å²) in [5.41, 5.74) is 3.29. The minimum Gasteiger partial charge on any atom is -0.341 e. The van der Waals surface area contributed by atoms with Crippen LogP contribution in [0.1, 0.15) is 33.4 Å². The van der Waals surface area contributed by atoms with Crippen LogP contribution in [-0.2, 0) is 0 Å². The van der Waals surface area contributed by atoms with Crippen molar-refractivity contribution in [1.29, 1.82) is 0 Å². The van der Waals surface area contributed by atoms with Gasteiger partial charge >= 0.3 is 0 Å². The fourth-order valence-corrected chi connectivity index (χ4v) is 2.95. The molecule has 0 aliphatic carbocycles. The highest BCUT2D eigenvalue weighted by Gasteiger charge is 2.18. The van der Waals surface area contributed by atoms with E-state index in [-0.39, 0.29) is 11.9 Å². The van der Waals surface area contributed by atoms with Crippen LogP contribution in [0.15, 0.2) is 83.6 Å². The summed E-state index contributed by atoms with van der Waals surface area (Å²) in [5, 5.41) is 6.90. The molecular formula is C22H18N4O2. The molecule has 1 unspecified atom stereocenters. The quantitative estimate of drug-likeness (QED) is 0.575. The van der Waals surface area contributed by atoms with Crippen molar-refractivity contribution in [2.75, 3.05) is 0 Å². The van der Waals surface area contributed by atoms with Gasteiger partial charge in [0.2, 0.25) is 0 Å². The van der Waals surface area contributed by atoms with Crippen LogP contribution < -0.4 is 5.32 Å². The third-order valence-corrected chi connectivity index (χ3v) is 4.37. The van der Waals surface area contributed by atoms with Crippen LogP contribution in [0.5, 0.6) is 0 Å². The molecule has 0 radical (unpaired) electrons. The molecule has 6 nitrogen and oxygen atoms in total. The summed E-state index contributed by atoms with van der Waals surface area (Å²) in [7, 11) is 0. The molecule has 0 aliphatic heterocycles. The SMILES string of the molecule is Cc1noc(-c2ccc(C(=O)NC(c3ccccc3)c3ccncc3)cc2)n1. The van der Waals surface area contributed by atoms with Crippen molar-refractivity contribution in [3.63, 3.8) is 0 Å². The molecule has 0 spiro atoms. The molecule has 4 rings (SSSR count). The number of aromatic nitrogens is 3. The zero-order valence-electron chi connectivity index (χ0n) is 15.2. The van der Waals surface area contributed by atoms with Crippen LogP contribution in [0.2, 0.25) is 0 Å². The lowest BCUT2D eigenvalue weighted by atomic mass is 9.99. The van der Waals surface area contributed by atoms with E-state index in [1.165, 1.54) is 0 Å². The Morgan fingerprint density at radius 2 is 1.61 bits per heavy atom. The van der Waals surface area contributed by atoms with E-state index >= 15 is 0 Å². The molecule has 2 aromatic heterocycles. The lowest BCUT2D eigenvalue weighted by Crippen LogP contribution is -2.29. The van der Waals surface area contributed by atoms with Crippen molar-refractivity contribution in [2.45, 2.75) is 13.0 Å². The van der Waals surface area contributed by atoms with Crippen LogP contribution in [0.4, 0.5) is 0 Å². The van der Waals surface area contributed by atoms with Gasteiger partial charge in [-0.2, -0.15) is 4.98 Å². The molecule has 1 N–H and O–H groups in total. The number of pyridine rings is 1. The van der Waals surface area contributed by atoms with Gasteiger partial charge in [-0.25, -0.2) is 0 Å². The Bertz CT molecular complexity index is 1020. The summed E-state index contributed by atoms with van der Waals surface area (Å²) < 4.78 is 5.16. The van der Waals surface area contributed by atoms with E-state index in [0.29, 0.717) is 17.3 Å². The molecule has 0 saturated carbocycles. The second-order valence-corrected chi connectivity index (χ2v) is 6.32. The highest BCUT2D eigenvalue weighted by molar-refractivity contribution is 5.95. The van der Waals surface area contributed by atoms with Crippen molar-refractivity contribution in [2.24, 2.45) is 0 Å². The zero-order valence-corrected chi connectivity index (χ0v) is 15.2. The molecule has 0 bridgehead atoms. The number of amides is 1. The number of benzene rings is 2. The molecule has 2 aromatic carbocycles. The molecule has 0 fully saturated rings. The van der Waals surface area contributed by atoms with E-state index in [9.17, 15) is 4.79 Å². The number of nitrogens with zero attached hydrogens (tertiary/aromatic N) is 3. The number of nitrogens with one attached hydrogen (secondary N) is 1. The Hall–Kier alpha value is -3.80.